The summed E-state index contributed by atoms with van der Waals surface area (Å²) in [5, 5.41) is 0. The van der Waals surface area contributed by atoms with Crippen LogP contribution in [0.3, 0.4) is 0 Å². The van der Waals surface area contributed by atoms with Gasteiger partial charge in [0.25, 0.3) is 0 Å². The molecule has 0 aromatic carbocycles. The van der Waals surface area contributed by atoms with Gasteiger partial charge in [0.05, 0.1) is 12.2 Å². The first-order valence-electron chi connectivity index (χ1n) is 5.39. The second-order valence-corrected chi connectivity index (χ2v) is 4.81. The molecule has 82 valence electrons. The Balaban J connectivity index is 1.57. The Hall–Kier alpha value is 0.230. The van der Waals surface area contributed by atoms with Crippen LogP contribution in [0.15, 0.2) is 0 Å². The highest BCUT2D eigenvalue weighted by atomic mass is 32.2. The maximum absolute atomic E-state index is 8.55. The van der Waals surface area contributed by atoms with Crippen molar-refractivity contribution in [2.45, 2.75) is 43.8 Å². The van der Waals surface area contributed by atoms with E-state index in [2.05, 4.69) is 0 Å². The Morgan fingerprint density at radius 2 is 2.29 bits per heavy atom. The molecule has 2 rings (SSSR count). The quantitative estimate of drug-likeness (QED) is 0.422. The number of ether oxygens (including phenoxy) is 2. The highest BCUT2D eigenvalue weighted by Crippen LogP contribution is 2.46. The standard InChI is InChI=1S/C10H18O3S/c11-14-7-3-1-2-4-10-5-6-12-8-9(10)13-10/h9,11H,1-8H2. The summed E-state index contributed by atoms with van der Waals surface area (Å²) in [6, 6.07) is 0. The number of epoxide rings is 1. The lowest BCUT2D eigenvalue weighted by molar-refractivity contribution is 0.0955. The summed E-state index contributed by atoms with van der Waals surface area (Å²) in [6.45, 7) is 1.66. The van der Waals surface area contributed by atoms with E-state index in [0.29, 0.717) is 6.10 Å². The zero-order valence-electron chi connectivity index (χ0n) is 8.41. The maximum atomic E-state index is 8.55. The number of hydrogen-bond donors (Lipinski definition) is 1. The Labute approximate surface area is 89.4 Å². The molecule has 2 fully saturated rings. The first kappa shape index (κ1) is 10.7. The molecule has 0 aliphatic carbocycles. The van der Waals surface area contributed by atoms with E-state index in [4.69, 9.17) is 14.0 Å². The van der Waals surface area contributed by atoms with Crippen molar-refractivity contribution in [1.82, 2.24) is 0 Å². The van der Waals surface area contributed by atoms with Crippen LogP contribution in [0.4, 0.5) is 0 Å². The SMILES string of the molecule is OSCCCCCC12CCOCC1O2. The fourth-order valence-electron chi connectivity index (χ4n) is 2.20. The fraction of sp³-hybridized carbons (Fsp3) is 1.00. The Kier molecular flexibility index (Phi) is 3.71. The van der Waals surface area contributed by atoms with Crippen LogP contribution in [0.5, 0.6) is 0 Å². The van der Waals surface area contributed by atoms with E-state index < -0.39 is 0 Å². The van der Waals surface area contributed by atoms with Gasteiger partial charge in [-0.15, -0.1) is 0 Å². The van der Waals surface area contributed by atoms with Crippen molar-refractivity contribution < 1.29 is 14.0 Å². The van der Waals surface area contributed by atoms with Gasteiger partial charge in [0.15, 0.2) is 0 Å². The van der Waals surface area contributed by atoms with Gasteiger partial charge in [-0.05, 0) is 24.9 Å². The molecule has 2 unspecified atom stereocenters. The Morgan fingerprint density at radius 3 is 3.07 bits per heavy atom. The molecule has 0 spiro atoms. The molecule has 0 bridgehead atoms. The highest BCUT2D eigenvalue weighted by Gasteiger charge is 2.56. The van der Waals surface area contributed by atoms with Crippen molar-refractivity contribution in [2.75, 3.05) is 19.0 Å². The molecular weight excluding hydrogens is 200 g/mol. The molecule has 2 atom stereocenters. The van der Waals surface area contributed by atoms with Crippen LogP contribution >= 0.6 is 12.0 Å². The lowest BCUT2D eigenvalue weighted by atomic mass is 9.93. The molecule has 0 saturated carbocycles. The molecule has 2 heterocycles. The van der Waals surface area contributed by atoms with Crippen LogP contribution in [0, 0.1) is 0 Å². The predicted octanol–water partition coefficient (Wildman–Crippen LogP) is 2.31. The summed E-state index contributed by atoms with van der Waals surface area (Å²) in [5.41, 5.74) is 0.199. The maximum Gasteiger partial charge on any atom is 0.111 e. The van der Waals surface area contributed by atoms with E-state index in [1.807, 2.05) is 0 Å². The predicted molar refractivity (Wildman–Crippen MR) is 56.6 cm³/mol. The average molecular weight is 218 g/mol. The van der Waals surface area contributed by atoms with E-state index >= 15 is 0 Å². The topological polar surface area (TPSA) is 42.0 Å². The molecule has 0 aromatic rings. The number of fused-ring (bicyclic) bond motifs is 1. The average Bonchev–Trinajstić information content (AvgIpc) is 2.92. The van der Waals surface area contributed by atoms with E-state index in [-0.39, 0.29) is 5.60 Å². The third-order valence-electron chi connectivity index (χ3n) is 3.18. The molecule has 3 nitrogen and oxygen atoms in total. The molecule has 0 amide bonds. The molecule has 0 aromatic heterocycles. The number of hydrogen-bond acceptors (Lipinski definition) is 4. The van der Waals surface area contributed by atoms with Crippen molar-refractivity contribution in [3.8, 4) is 0 Å². The molecule has 2 saturated heterocycles. The van der Waals surface area contributed by atoms with Crippen LogP contribution in [0.1, 0.15) is 32.1 Å². The number of unbranched alkanes of at least 4 members (excludes halogenated alkanes) is 2. The normalized spacial score (nSPS) is 35.4. The lowest BCUT2D eigenvalue weighted by Crippen LogP contribution is -2.26. The summed E-state index contributed by atoms with van der Waals surface area (Å²) in [5.74, 6) is 0.862. The summed E-state index contributed by atoms with van der Waals surface area (Å²) in [7, 11) is 0. The second-order valence-electron chi connectivity index (χ2n) is 4.14. The minimum absolute atomic E-state index is 0.199. The molecule has 1 N–H and O–H groups in total. The Morgan fingerprint density at radius 1 is 1.36 bits per heavy atom. The number of rotatable bonds is 6. The van der Waals surface area contributed by atoms with Crippen molar-refractivity contribution in [3.05, 3.63) is 0 Å². The molecule has 2 aliphatic rings. The second kappa shape index (κ2) is 4.84. The minimum atomic E-state index is 0.199. The van der Waals surface area contributed by atoms with Crippen LogP contribution in [-0.4, -0.2) is 35.2 Å². The molecule has 4 heteroatoms. The van der Waals surface area contributed by atoms with E-state index in [1.165, 1.54) is 19.3 Å². The van der Waals surface area contributed by atoms with E-state index in [0.717, 1.165) is 43.9 Å². The molecular formula is C10H18O3S. The molecule has 0 radical (unpaired) electrons. The third kappa shape index (κ3) is 2.42. The first-order valence-corrected chi connectivity index (χ1v) is 6.33. The van der Waals surface area contributed by atoms with Crippen LogP contribution in [0.25, 0.3) is 0 Å². The van der Waals surface area contributed by atoms with Gasteiger partial charge in [-0.25, -0.2) is 0 Å². The van der Waals surface area contributed by atoms with E-state index in [9.17, 15) is 0 Å². The monoisotopic (exact) mass is 218 g/mol. The zero-order valence-corrected chi connectivity index (χ0v) is 9.22. The highest BCUT2D eigenvalue weighted by molar-refractivity contribution is 7.93. The summed E-state index contributed by atoms with van der Waals surface area (Å²) >= 11 is 0.946. The van der Waals surface area contributed by atoms with Gasteiger partial charge < -0.3 is 14.0 Å². The van der Waals surface area contributed by atoms with Gasteiger partial charge >= 0.3 is 0 Å². The van der Waals surface area contributed by atoms with Crippen LogP contribution in [0.2, 0.25) is 0 Å². The van der Waals surface area contributed by atoms with Gasteiger partial charge in [0.2, 0.25) is 0 Å². The van der Waals surface area contributed by atoms with Gasteiger partial charge in [0, 0.05) is 18.8 Å². The largest absolute Gasteiger partial charge is 0.379 e. The summed E-state index contributed by atoms with van der Waals surface area (Å²) in [6.07, 6.45) is 6.18. The Bertz CT molecular complexity index is 188. The summed E-state index contributed by atoms with van der Waals surface area (Å²) < 4.78 is 19.6. The van der Waals surface area contributed by atoms with Gasteiger partial charge in [-0.1, -0.05) is 12.8 Å². The third-order valence-corrected chi connectivity index (χ3v) is 3.65. The van der Waals surface area contributed by atoms with Crippen LogP contribution < -0.4 is 0 Å². The molecule has 2 aliphatic heterocycles. The smallest absolute Gasteiger partial charge is 0.111 e. The van der Waals surface area contributed by atoms with E-state index in [1.54, 1.807) is 0 Å². The van der Waals surface area contributed by atoms with Gasteiger partial charge in [-0.3, -0.25) is 0 Å². The van der Waals surface area contributed by atoms with Gasteiger partial charge in [-0.2, -0.15) is 0 Å². The minimum Gasteiger partial charge on any atom is -0.379 e. The van der Waals surface area contributed by atoms with Crippen LogP contribution in [-0.2, 0) is 9.47 Å². The first-order chi connectivity index (χ1) is 6.87. The van der Waals surface area contributed by atoms with Crippen molar-refractivity contribution in [3.63, 3.8) is 0 Å². The van der Waals surface area contributed by atoms with Crippen molar-refractivity contribution >= 4 is 12.0 Å². The van der Waals surface area contributed by atoms with Crippen molar-refractivity contribution in [1.29, 1.82) is 0 Å². The summed E-state index contributed by atoms with van der Waals surface area (Å²) in [4.78, 5) is 0. The van der Waals surface area contributed by atoms with Crippen molar-refractivity contribution in [2.24, 2.45) is 0 Å². The molecule has 14 heavy (non-hydrogen) atoms. The fourth-order valence-corrected chi connectivity index (χ4v) is 2.54. The lowest BCUT2D eigenvalue weighted by Gasteiger charge is -2.17. The van der Waals surface area contributed by atoms with Gasteiger partial charge in [0.1, 0.15) is 6.10 Å². The zero-order chi connectivity index (χ0) is 9.86.